The Bertz CT molecular complexity index is 953. The van der Waals surface area contributed by atoms with Crippen molar-refractivity contribution in [1.82, 2.24) is 5.32 Å². The maximum absolute atomic E-state index is 13.4. The number of unbranched alkanes of at least 4 members (excludes halogenated alkanes) is 1. The summed E-state index contributed by atoms with van der Waals surface area (Å²) < 4.78 is 12.9. The van der Waals surface area contributed by atoms with Crippen LogP contribution in [-0.2, 0) is 20.6 Å². The number of nitrogens with one attached hydrogen (secondary N) is 2. The Labute approximate surface area is 209 Å². The Morgan fingerprint density at radius 1 is 0.971 bits per heavy atom. The first kappa shape index (κ1) is 28.8. The van der Waals surface area contributed by atoms with E-state index in [0.717, 1.165) is 5.56 Å². The number of hydrogen-bond acceptors (Lipinski definition) is 4. The lowest BCUT2D eigenvalue weighted by atomic mass is 9.98. The summed E-state index contributed by atoms with van der Waals surface area (Å²) in [7, 11) is -3.52. The Morgan fingerprint density at radius 2 is 1.60 bits per heavy atom. The van der Waals surface area contributed by atoms with Gasteiger partial charge in [-0.05, 0) is 62.3 Å². The van der Waals surface area contributed by atoms with Gasteiger partial charge in [-0.2, -0.15) is 0 Å². The Balaban J connectivity index is 2.15. The minimum atomic E-state index is -3.52. The number of para-hydroxylation sites is 1. The zero-order valence-electron chi connectivity index (χ0n) is 20.9. The van der Waals surface area contributed by atoms with Crippen molar-refractivity contribution in [1.29, 1.82) is 0 Å². The van der Waals surface area contributed by atoms with Crippen molar-refractivity contribution in [3.8, 4) is 0 Å². The fraction of sp³-hybridized carbons (Fsp3) is 0.481. The van der Waals surface area contributed by atoms with Gasteiger partial charge < -0.3 is 21.3 Å². The molecule has 0 aliphatic rings. The molecule has 0 bridgehead atoms. The average Bonchev–Trinajstić information content (AvgIpc) is 2.82. The number of benzene rings is 2. The van der Waals surface area contributed by atoms with Gasteiger partial charge in [-0.3, -0.25) is 14.2 Å². The second-order valence-corrected chi connectivity index (χ2v) is 12.0. The highest BCUT2D eigenvalue weighted by molar-refractivity contribution is 7.58. The molecule has 192 valence electrons. The zero-order chi connectivity index (χ0) is 25.7. The lowest BCUT2D eigenvalue weighted by molar-refractivity contribution is -0.129. The molecular weight excluding hydrogens is 461 g/mol. The van der Waals surface area contributed by atoms with Crippen molar-refractivity contribution in [2.45, 2.75) is 52.0 Å². The topological polar surface area (TPSA) is 122 Å². The van der Waals surface area contributed by atoms with E-state index in [4.69, 9.17) is 5.73 Å². The quantitative estimate of drug-likeness (QED) is 0.213. The molecule has 2 aromatic rings. The lowest BCUT2D eigenvalue weighted by Gasteiger charge is -2.25. The molecule has 2 rings (SSSR count). The SMILES string of the molecule is CC(C)C[C@H](NC(=O)[C@H](CCc1ccccc1)CP(=O)(O)CCCCN)C(=O)Nc1ccccc1. The molecule has 0 aliphatic heterocycles. The molecule has 7 nitrogen and oxygen atoms in total. The van der Waals surface area contributed by atoms with Crippen LogP contribution in [0.4, 0.5) is 5.69 Å². The molecule has 8 heteroatoms. The number of hydrogen-bond donors (Lipinski definition) is 4. The average molecular weight is 502 g/mol. The van der Waals surface area contributed by atoms with E-state index >= 15 is 0 Å². The maximum Gasteiger partial charge on any atom is 0.246 e. The predicted octanol–water partition coefficient (Wildman–Crippen LogP) is 4.41. The number of rotatable bonds is 15. The van der Waals surface area contributed by atoms with E-state index in [9.17, 15) is 19.0 Å². The van der Waals surface area contributed by atoms with Crippen LogP contribution in [0.25, 0.3) is 0 Å². The zero-order valence-corrected chi connectivity index (χ0v) is 21.8. The van der Waals surface area contributed by atoms with Gasteiger partial charge in [0.05, 0.1) is 0 Å². The summed E-state index contributed by atoms with van der Waals surface area (Å²) in [6, 6.07) is 18.1. The first-order chi connectivity index (χ1) is 16.7. The molecule has 3 atom stereocenters. The van der Waals surface area contributed by atoms with Crippen LogP contribution in [0.2, 0.25) is 0 Å². The normalized spacial score (nSPS) is 14.7. The van der Waals surface area contributed by atoms with Crippen molar-refractivity contribution in [2.75, 3.05) is 24.2 Å². The van der Waals surface area contributed by atoms with Crippen molar-refractivity contribution in [3.05, 3.63) is 66.2 Å². The molecule has 0 heterocycles. The summed E-state index contributed by atoms with van der Waals surface area (Å²) in [5, 5.41) is 5.75. The largest absolute Gasteiger partial charge is 0.344 e. The third kappa shape index (κ3) is 11.2. The molecule has 5 N–H and O–H groups in total. The molecule has 0 saturated heterocycles. The van der Waals surface area contributed by atoms with Gasteiger partial charge in [0.25, 0.3) is 0 Å². The van der Waals surface area contributed by atoms with Gasteiger partial charge in [-0.25, -0.2) is 0 Å². The third-order valence-corrected chi connectivity index (χ3v) is 7.87. The molecule has 35 heavy (non-hydrogen) atoms. The van der Waals surface area contributed by atoms with Crippen LogP contribution in [0.15, 0.2) is 60.7 Å². The first-order valence-electron chi connectivity index (χ1n) is 12.4. The van der Waals surface area contributed by atoms with Crippen molar-refractivity contribution < 1.29 is 19.0 Å². The van der Waals surface area contributed by atoms with Crippen molar-refractivity contribution in [3.63, 3.8) is 0 Å². The third-order valence-electron chi connectivity index (χ3n) is 5.84. The van der Waals surface area contributed by atoms with E-state index in [0.29, 0.717) is 44.3 Å². The molecular formula is C27H40N3O4P. The van der Waals surface area contributed by atoms with Crippen LogP contribution >= 0.6 is 7.37 Å². The second-order valence-electron chi connectivity index (χ2n) is 9.52. The predicted molar refractivity (Wildman–Crippen MR) is 143 cm³/mol. The van der Waals surface area contributed by atoms with Gasteiger partial charge in [0.1, 0.15) is 6.04 Å². The molecule has 0 fully saturated rings. The van der Waals surface area contributed by atoms with Crippen LogP contribution in [0.5, 0.6) is 0 Å². The number of anilines is 1. The van der Waals surface area contributed by atoms with Gasteiger partial charge in [-0.1, -0.05) is 62.4 Å². The molecule has 0 aliphatic carbocycles. The Kier molecular flexibility index (Phi) is 12.2. The standard InChI is InChI=1S/C27H40N3O4P/c1-21(2)19-25(27(32)29-24-13-7-4-8-14-24)30-26(31)23(16-15-22-11-5-3-6-12-22)20-35(33,34)18-10-9-17-28/h3-8,11-14,21,23,25H,9-10,15-20,28H2,1-2H3,(H,29,32)(H,30,31)(H,33,34)/t23-,25+/m1/s1. The van der Waals surface area contributed by atoms with Crippen LogP contribution in [-0.4, -0.2) is 41.6 Å². The number of nitrogens with two attached hydrogens (primary N) is 1. The molecule has 2 amide bonds. The monoisotopic (exact) mass is 501 g/mol. The molecule has 2 aromatic carbocycles. The second kappa shape index (κ2) is 14.8. The molecule has 0 spiro atoms. The van der Waals surface area contributed by atoms with Crippen LogP contribution in [0.3, 0.4) is 0 Å². The fourth-order valence-corrected chi connectivity index (χ4v) is 5.91. The Morgan fingerprint density at radius 3 is 2.20 bits per heavy atom. The molecule has 1 unspecified atom stereocenters. The smallest absolute Gasteiger partial charge is 0.246 e. The van der Waals surface area contributed by atoms with Crippen LogP contribution in [0, 0.1) is 11.8 Å². The van der Waals surface area contributed by atoms with Crippen LogP contribution in [0.1, 0.15) is 45.1 Å². The van der Waals surface area contributed by atoms with Gasteiger partial charge in [0, 0.05) is 23.9 Å². The van der Waals surface area contributed by atoms with Crippen molar-refractivity contribution in [2.24, 2.45) is 17.6 Å². The summed E-state index contributed by atoms with van der Waals surface area (Å²) in [6.07, 6.45) is 2.74. The highest BCUT2D eigenvalue weighted by atomic mass is 31.2. The summed E-state index contributed by atoms with van der Waals surface area (Å²) >= 11 is 0. The highest BCUT2D eigenvalue weighted by Gasteiger charge is 2.31. The van der Waals surface area contributed by atoms with Gasteiger partial charge >= 0.3 is 0 Å². The summed E-state index contributed by atoms with van der Waals surface area (Å²) in [6.45, 7) is 4.44. The number of aryl methyl sites for hydroxylation is 1. The Hall–Kier alpha value is -2.47. The molecule has 0 saturated carbocycles. The van der Waals surface area contributed by atoms with Gasteiger partial charge in [-0.15, -0.1) is 0 Å². The number of amides is 2. The maximum atomic E-state index is 13.4. The van der Waals surface area contributed by atoms with E-state index < -0.39 is 19.3 Å². The van der Waals surface area contributed by atoms with E-state index in [1.54, 1.807) is 12.1 Å². The lowest BCUT2D eigenvalue weighted by Crippen LogP contribution is -2.47. The first-order valence-corrected chi connectivity index (χ1v) is 14.4. The highest BCUT2D eigenvalue weighted by Crippen LogP contribution is 2.44. The van der Waals surface area contributed by atoms with E-state index in [2.05, 4.69) is 10.6 Å². The van der Waals surface area contributed by atoms with Crippen LogP contribution < -0.4 is 16.4 Å². The van der Waals surface area contributed by atoms with E-state index in [1.165, 1.54) is 0 Å². The molecule has 0 radical (unpaired) electrons. The summed E-state index contributed by atoms with van der Waals surface area (Å²) in [5.41, 5.74) is 7.23. The number of carbonyl (C=O) groups excluding carboxylic acids is 2. The van der Waals surface area contributed by atoms with Crippen molar-refractivity contribution >= 4 is 24.9 Å². The minimum Gasteiger partial charge on any atom is -0.344 e. The molecule has 0 aromatic heterocycles. The minimum absolute atomic E-state index is 0.106. The number of carbonyl (C=O) groups is 2. The fourth-order valence-electron chi connectivity index (χ4n) is 3.97. The van der Waals surface area contributed by atoms with E-state index in [-0.39, 0.29) is 30.1 Å². The van der Waals surface area contributed by atoms with Gasteiger partial charge in [0.15, 0.2) is 0 Å². The summed E-state index contributed by atoms with van der Waals surface area (Å²) in [4.78, 5) is 37.0. The van der Waals surface area contributed by atoms with E-state index in [1.807, 2.05) is 62.4 Å². The summed E-state index contributed by atoms with van der Waals surface area (Å²) in [5.74, 6) is -1.16. The van der Waals surface area contributed by atoms with Gasteiger partial charge in [0.2, 0.25) is 19.2 Å².